The third-order valence-electron chi connectivity index (χ3n) is 4.43. The zero-order chi connectivity index (χ0) is 14.7. The van der Waals surface area contributed by atoms with Gasteiger partial charge in [0.1, 0.15) is 0 Å². The van der Waals surface area contributed by atoms with Crippen molar-refractivity contribution in [1.82, 2.24) is 9.78 Å². The van der Waals surface area contributed by atoms with Crippen molar-refractivity contribution >= 4 is 15.9 Å². The molecule has 0 aromatic carbocycles. The van der Waals surface area contributed by atoms with E-state index in [0.717, 1.165) is 35.1 Å². The molecule has 2 N–H and O–H groups in total. The number of rotatable bonds is 5. The fraction of sp³-hybridized carbons (Fsp3) is 0.800. The van der Waals surface area contributed by atoms with Crippen molar-refractivity contribution in [1.29, 1.82) is 0 Å². The van der Waals surface area contributed by atoms with Crippen LogP contribution in [-0.4, -0.2) is 32.2 Å². The zero-order valence-electron chi connectivity index (χ0n) is 12.3. The first-order valence-corrected chi connectivity index (χ1v) is 8.40. The smallest absolute Gasteiger partial charge is 0.0857 e. The van der Waals surface area contributed by atoms with Gasteiger partial charge in [-0.15, -0.1) is 0 Å². The molecule has 1 aromatic heterocycles. The second kappa shape index (κ2) is 7.05. The Kier molecular flexibility index (Phi) is 5.64. The van der Waals surface area contributed by atoms with E-state index in [9.17, 15) is 10.2 Å². The molecule has 1 aromatic rings. The Morgan fingerprint density at radius 1 is 1.30 bits per heavy atom. The van der Waals surface area contributed by atoms with Crippen molar-refractivity contribution in [3.05, 3.63) is 15.9 Å². The molecule has 5 heteroatoms. The molecule has 2 atom stereocenters. The summed E-state index contributed by atoms with van der Waals surface area (Å²) in [5.41, 5.74) is 1.96. The van der Waals surface area contributed by atoms with Crippen LogP contribution in [0.1, 0.15) is 50.4 Å². The maximum absolute atomic E-state index is 10.4. The van der Waals surface area contributed by atoms with Crippen LogP contribution in [0.3, 0.4) is 0 Å². The topological polar surface area (TPSA) is 58.3 Å². The van der Waals surface area contributed by atoms with Gasteiger partial charge >= 0.3 is 0 Å². The molecule has 1 fully saturated rings. The number of aliphatic hydroxyl groups is 2. The minimum atomic E-state index is -0.713. The Bertz CT molecular complexity index is 441. The van der Waals surface area contributed by atoms with Gasteiger partial charge in [0.2, 0.25) is 0 Å². The van der Waals surface area contributed by atoms with Crippen molar-refractivity contribution in [2.45, 2.75) is 64.1 Å². The predicted molar refractivity (Wildman–Crippen MR) is 82.6 cm³/mol. The molecule has 0 amide bonds. The van der Waals surface area contributed by atoms with Crippen molar-refractivity contribution in [2.24, 2.45) is 13.0 Å². The lowest BCUT2D eigenvalue weighted by atomic mass is 9.82. The normalized spacial score (nSPS) is 20.1. The SMILES string of the molecule is CCc1nn(C)c(CC(O)C(O)C2CCCCC2)c1Br. The third kappa shape index (κ3) is 3.43. The summed E-state index contributed by atoms with van der Waals surface area (Å²) in [7, 11) is 1.89. The van der Waals surface area contributed by atoms with Crippen LogP contribution in [0, 0.1) is 5.92 Å². The fourth-order valence-electron chi connectivity index (χ4n) is 3.15. The van der Waals surface area contributed by atoms with Crippen LogP contribution in [0.5, 0.6) is 0 Å². The third-order valence-corrected chi connectivity index (χ3v) is 5.35. The van der Waals surface area contributed by atoms with Gasteiger partial charge in [0.05, 0.1) is 28.1 Å². The van der Waals surface area contributed by atoms with Gasteiger partial charge in [0.25, 0.3) is 0 Å². The van der Waals surface area contributed by atoms with E-state index in [1.54, 1.807) is 4.68 Å². The maximum atomic E-state index is 10.4. The van der Waals surface area contributed by atoms with E-state index in [0.29, 0.717) is 6.42 Å². The van der Waals surface area contributed by atoms with Gasteiger partial charge in [0.15, 0.2) is 0 Å². The lowest BCUT2D eigenvalue weighted by Crippen LogP contribution is -2.36. The van der Waals surface area contributed by atoms with Crippen LogP contribution in [0.2, 0.25) is 0 Å². The first-order valence-electron chi connectivity index (χ1n) is 7.61. The standard InChI is InChI=1S/C15H25BrN2O2/c1-3-11-14(16)12(18(2)17-11)9-13(19)15(20)10-7-5-4-6-8-10/h10,13,15,19-20H,3-9H2,1-2H3. The number of aliphatic hydroxyl groups excluding tert-OH is 2. The van der Waals surface area contributed by atoms with E-state index in [1.165, 1.54) is 19.3 Å². The largest absolute Gasteiger partial charge is 0.390 e. The van der Waals surface area contributed by atoms with Crippen LogP contribution in [0.15, 0.2) is 4.47 Å². The monoisotopic (exact) mass is 344 g/mol. The number of halogens is 1. The first-order chi connectivity index (χ1) is 9.54. The second-order valence-electron chi connectivity index (χ2n) is 5.84. The second-order valence-corrected chi connectivity index (χ2v) is 6.64. The maximum Gasteiger partial charge on any atom is 0.0857 e. The summed E-state index contributed by atoms with van der Waals surface area (Å²) >= 11 is 3.56. The van der Waals surface area contributed by atoms with E-state index in [1.807, 2.05) is 7.05 Å². The number of hydrogen-bond acceptors (Lipinski definition) is 3. The number of aryl methyl sites for hydroxylation is 2. The van der Waals surface area contributed by atoms with Crippen molar-refractivity contribution in [3.8, 4) is 0 Å². The van der Waals surface area contributed by atoms with Gasteiger partial charge in [-0.3, -0.25) is 4.68 Å². The molecule has 0 radical (unpaired) electrons. The van der Waals surface area contributed by atoms with Crippen LogP contribution in [0.4, 0.5) is 0 Å². The average molecular weight is 345 g/mol. The van der Waals surface area contributed by atoms with Crippen molar-refractivity contribution in [3.63, 3.8) is 0 Å². The molecule has 2 unspecified atom stereocenters. The molecular weight excluding hydrogens is 320 g/mol. The number of nitrogens with zero attached hydrogens (tertiary/aromatic N) is 2. The first kappa shape index (κ1) is 16.0. The molecular formula is C15H25BrN2O2. The molecule has 0 bridgehead atoms. The number of aromatic nitrogens is 2. The van der Waals surface area contributed by atoms with Crippen LogP contribution >= 0.6 is 15.9 Å². The summed E-state index contributed by atoms with van der Waals surface area (Å²) in [5, 5.41) is 25.1. The van der Waals surface area contributed by atoms with E-state index >= 15 is 0 Å². The van der Waals surface area contributed by atoms with E-state index in [4.69, 9.17) is 0 Å². The van der Waals surface area contributed by atoms with Crippen molar-refractivity contribution in [2.75, 3.05) is 0 Å². The Balaban J connectivity index is 2.03. The quantitative estimate of drug-likeness (QED) is 0.862. The average Bonchev–Trinajstić information content (AvgIpc) is 2.74. The predicted octanol–water partition coefficient (Wildman–Crippen LogP) is 2.59. The van der Waals surface area contributed by atoms with Gasteiger partial charge in [0, 0.05) is 13.5 Å². The molecule has 1 aliphatic rings. The molecule has 0 aliphatic heterocycles. The van der Waals surface area contributed by atoms with Gasteiger partial charge in [-0.05, 0) is 41.1 Å². The van der Waals surface area contributed by atoms with Crippen molar-refractivity contribution < 1.29 is 10.2 Å². The van der Waals surface area contributed by atoms with E-state index < -0.39 is 12.2 Å². The summed E-state index contributed by atoms with van der Waals surface area (Å²) in [6.07, 6.45) is 5.63. The highest BCUT2D eigenvalue weighted by atomic mass is 79.9. The molecule has 2 rings (SSSR count). The van der Waals surface area contributed by atoms with Gasteiger partial charge in [-0.25, -0.2) is 0 Å². The lowest BCUT2D eigenvalue weighted by molar-refractivity contribution is -0.0271. The molecule has 1 aliphatic carbocycles. The summed E-state index contributed by atoms with van der Waals surface area (Å²) in [4.78, 5) is 0. The molecule has 0 saturated heterocycles. The Morgan fingerprint density at radius 2 is 1.95 bits per heavy atom. The highest BCUT2D eigenvalue weighted by Gasteiger charge is 2.29. The van der Waals surface area contributed by atoms with Crippen LogP contribution in [0.25, 0.3) is 0 Å². The minimum absolute atomic E-state index is 0.247. The molecule has 114 valence electrons. The van der Waals surface area contributed by atoms with Gasteiger partial charge < -0.3 is 10.2 Å². The molecule has 4 nitrogen and oxygen atoms in total. The molecule has 0 spiro atoms. The molecule has 20 heavy (non-hydrogen) atoms. The summed E-state index contributed by atoms with van der Waals surface area (Å²) in [6.45, 7) is 2.06. The zero-order valence-corrected chi connectivity index (χ0v) is 13.9. The Morgan fingerprint density at radius 3 is 2.50 bits per heavy atom. The van der Waals surface area contributed by atoms with Gasteiger partial charge in [-0.2, -0.15) is 5.10 Å². The van der Waals surface area contributed by atoms with Crippen LogP contribution in [-0.2, 0) is 19.9 Å². The molecule has 1 heterocycles. The summed E-state index contributed by atoms with van der Waals surface area (Å²) < 4.78 is 2.78. The molecule has 1 saturated carbocycles. The lowest BCUT2D eigenvalue weighted by Gasteiger charge is -2.29. The summed E-state index contributed by atoms with van der Waals surface area (Å²) in [5.74, 6) is 0.247. The van der Waals surface area contributed by atoms with Crippen LogP contribution < -0.4 is 0 Å². The Hall–Kier alpha value is -0.390. The van der Waals surface area contributed by atoms with E-state index in [2.05, 4.69) is 28.0 Å². The Labute approximate surface area is 129 Å². The summed E-state index contributed by atoms with van der Waals surface area (Å²) in [6, 6.07) is 0. The van der Waals surface area contributed by atoms with Gasteiger partial charge in [-0.1, -0.05) is 26.2 Å². The number of hydrogen-bond donors (Lipinski definition) is 2. The minimum Gasteiger partial charge on any atom is -0.390 e. The van der Waals surface area contributed by atoms with E-state index in [-0.39, 0.29) is 5.92 Å². The highest BCUT2D eigenvalue weighted by molar-refractivity contribution is 9.10. The highest BCUT2D eigenvalue weighted by Crippen LogP contribution is 2.30. The fourth-order valence-corrected chi connectivity index (χ4v) is 3.93.